The molecule has 0 spiro atoms. The summed E-state index contributed by atoms with van der Waals surface area (Å²) in [5.41, 5.74) is -0.889. The largest absolute Gasteiger partial charge is 0.481 e. The Morgan fingerprint density at radius 3 is 2.83 bits per heavy atom. The molecule has 7 heteroatoms. The maximum atomic E-state index is 12.0. The highest BCUT2D eigenvalue weighted by Gasteiger charge is 2.42. The summed E-state index contributed by atoms with van der Waals surface area (Å²) in [7, 11) is 1.42. The molecule has 1 saturated heterocycles. The van der Waals surface area contributed by atoms with Gasteiger partial charge in [0, 0.05) is 13.1 Å². The van der Waals surface area contributed by atoms with Crippen LogP contribution in [0.5, 0.6) is 5.88 Å². The number of hydrogen-bond donors (Lipinski definition) is 1. The number of nitrogens with zero attached hydrogens (tertiary/aromatic N) is 2. The molecule has 2 rings (SSSR count). The minimum Gasteiger partial charge on any atom is -0.481 e. The summed E-state index contributed by atoms with van der Waals surface area (Å²) in [6, 6.07) is 1.39. The normalized spacial score (nSPS) is 23.1. The molecular formula is C11H14N2O5. The molecule has 98 valence electrons. The number of methoxy groups -OCH3 is 1. The van der Waals surface area contributed by atoms with Gasteiger partial charge in [-0.2, -0.15) is 0 Å². The Morgan fingerprint density at radius 2 is 2.33 bits per heavy atom. The number of rotatable bonds is 3. The number of ether oxygens (including phenoxy) is 1. The number of carboxylic acid groups (broad SMARTS) is 1. The molecule has 0 radical (unpaired) electrons. The number of carbonyl (C=O) groups is 2. The second-order valence-corrected chi connectivity index (χ2v) is 4.58. The molecule has 1 amide bonds. The minimum absolute atomic E-state index is 0.0569. The number of aromatic nitrogens is 1. The lowest BCUT2D eigenvalue weighted by atomic mass is 9.90. The third kappa shape index (κ3) is 2.03. The molecule has 1 aromatic heterocycles. The Balaban J connectivity index is 2.10. The second kappa shape index (κ2) is 4.32. The highest BCUT2D eigenvalue weighted by molar-refractivity contribution is 5.92. The molecule has 1 fully saturated rings. The van der Waals surface area contributed by atoms with E-state index in [1.165, 1.54) is 18.1 Å². The minimum atomic E-state index is -0.895. The Hall–Kier alpha value is -2.05. The van der Waals surface area contributed by atoms with Crippen LogP contribution in [0, 0.1) is 5.41 Å². The molecule has 1 aliphatic heterocycles. The zero-order chi connectivity index (χ0) is 13.3. The summed E-state index contributed by atoms with van der Waals surface area (Å²) < 4.78 is 9.66. The van der Waals surface area contributed by atoms with Gasteiger partial charge in [-0.3, -0.25) is 9.59 Å². The van der Waals surface area contributed by atoms with Crippen molar-refractivity contribution in [1.29, 1.82) is 0 Å². The van der Waals surface area contributed by atoms with Crippen LogP contribution in [0.4, 0.5) is 0 Å². The standard InChI is InChI=1S/C11H14N2O5/c1-11(10(15)16)3-4-13(6-11)9(14)7-5-8(17-2)12-18-7/h5H,3-4,6H2,1-2H3,(H,15,16). The van der Waals surface area contributed by atoms with Crippen molar-refractivity contribution in [2.45, 2.75) is 13.3 Å². The van der Waals surface area contributed by atoms with Gasteiger partial charge in [0.25, 0.3) is 11.8 Å². The first-order valence-electron chi connectivity index (χ1n) is 5.50. The third-order valence-electron chi connectivity index (χ3n) is 3.19. The SMILES string of the molecule is COc1cc(C(=O)N2CCC(C)(C(=O)O)C2)on1. The molecule has 1 aromatic rings. The average Bonchev–Trinajstić information content (AvgIpc) is 2.95. The number of hydrogen-bond acceptors (Lipinski definition) is 5. The summed E-state index contributed by atoms with van der Waals surface area (Å²) in [6.07, 6.45) is 0.430. The van der Waals surface area contributed by atoms with Gasteiger partial charge in [0.05, 0.1) is 18.6 Å². The molecule has 1 aliphatic rings. The fraction of sp³-hybridized carbons (Fsp3) is 0.545. The highest BCUT2D eigenvalue weighted by atomic mass is 16.5. The molecule has 1 atom stereocenters. The van der Waals surface area contributed by atoms with E-state index in [1.807, 2.05) is 0 Å². The molecule has 0 saturated carbocycles. The summed E-state index contributed by atoms with van der Waals surface area (Å²) in [4.78, 5) is 24.6. The van der Waals surface area contributed by atoms with E-state index < -0.39 is 11.4 Å². The number of amides is 1. The quantitative estimate of drug-likeness (QED) is 0.849. The molecule has 1 unspecified atom stereocenters. The van der Waals surface area contributed by atoms with Crippen molar-refractivity contribution in [2.24, 2.45) is 5.41 Å². The molecule has 18 heavy (non-hydrogen) atoms. The average molecular weight is 254 g/mol. The summed E-state index contributed by atoms with van der Waals surface area (Å²) in [5, 5.41) is 12.6. The molecule has 0 aliphatic carbocycles. The van der Waals surface area contributed by atoms with E-state index in [-0.39, 0.29) is 24.1 Å². The van der Waals surface area contributed by atoms with E-state index in [0.29, 0.717) is 13.0 Å². The summed E-state index contributed by atoms with van der Waals surface area (Å²) >= 11 is 0. The Morgan fingerprint density at radius 1 is 1.61 bits per heavy atom. The summed E-state index contributed by atoms with van der Waals surface area (Å²) in [6.45, 7) is 2.19. The summed E-state index contributed by atoms with van der Waals surface area (Å²) in [5.74, 6) is -0.983. The topological polar surface area (TPSA) is 92.9 Å². The van der Waals surface area contributed by atoms with E-state index in [9.17, 15) is 9.59 Å². The number of likely N-dealkylation sites (tertiary alicyclic amines) is 1. The van der Waals surface area contributed by atoms with E-state index in [4.69, 9.17) is 14.4 Å². The van der Waals surface area contributed by atoms with Crippen molar-refractivity contribution >= 4 is 11.9 Å². The van der Waals surface area contributed by atoms with Gasteiger partial charge in [0.2, 0.25) is 5.76 Å². The van der Waals surface area contributed by atoms with Gasteiger partial charge in [-0.05, 0) is 18.5 Å². The van der Waals surface area contributed by atoms with Crippen LogP contribution < -0.4 is 4.74 Å². The highest BCUT2D eigenvalue weighted by Crippen LogP contribution is 2.31. The zero-order valence-corrected chi connectivity index (χ0v) is 10.2. The van der Waals surface area contributed by atoms with Crippen molar-refractivity contribution in [3.63, 3.8) is 0 Å². The van der Waals surface area contributed by atoms with E-state index in [2.05, 4.69) is 5.16 Å². The fourth-order valence-electron chi connectivity index (χ4n) is 1.92. The van der Waals surface area contributed by atoms with Crippen LogP contribution in [0.15, 0.2) is 10.6 Å². The lowest BCUT2D eigenvalue weighted by Crippen LogP contribution is -2.34. The molecule has 0 aromatic carbocycles. The van der Waals surface area contributed by atoms with Gasteiger partial charge in [-0.15, -0.1) is 0 Å². The van der Waals surface area contributed by atoms with Crippen LogP contribution in [0.3, 0.4) is 0 Å². The maximum absolute atomic E-state index is 12.0. The van der Waals surface area contributed by atoms with Gasteiger partial charge in [-0.1, -0.05) is 0 Å². The molecule has 1 N–H and O–H groups in total. The number of aliphatic carboxylic acids is 1. The third-order valence-corrected chi connectivity index (χ3v) is 3.19. The van der Waals surface area contributed by atoms with Crippen molar-refractivity contribution in [3.05, 3.63) is 11.8 Å². The van der Waals surface area contributed by atoms with Crippen LogP contribution in [0.1, 0.15) is 23.9 Å². The molecular weight excluding hydrogens is 240 g/mol. The van der Waals surface area contributed by atoms with Gasteiger partial charge < -0.3 is 19.3 Å². The Kier molecular flexibility index (Phi) is 2.98. The first kappa shape index (κ1) is 12.4. The predicted octanol–water partition coefficient (Wildman–Crippen LogP) is 0.620. The molecule has 7 nitrogen and oxygen atoms in total. The monoisotopic (exact) mass is 254 g/mol. The lowest BCUT2D eigenvalue weighted by Gasteiger charge is -2.18. The van der Waals surface area contributed by atoms with Crippen LogP contribution in [0.2, 0.25) is 0 Å². The van der Waals surface area contributed by atoms with Crippen molar-refractivity contribution in [3.8, 4) is 5.88 Å². The van der Waals surface area contributed by atoms with Crippen molar-refractivity contribution < 1.29 is 24.0 Å². The van der Waals surface area contributed by atoms with Gasteiger partial charge in [0.15, 0.2) is 0 Å². The van der Waals surface area contributed by atoms with Gasteiger partial charge >= 0.3 is 5.97 Å². The van der Waals surface area contributed by atoms with E-state index in [1.54, 1.807) is 6.92 Å². The first-order valence-corrected chi connectivity index (χ1v) is 5.50. The van der Waals surface area contributed by atoms with Gasteiger partial charge in [-0.25, -0.2) is 0 Å². The van der Waals surface area contributed by atoms with E-state index >= 15 is 0 Å². The van der Waals surface area contributed by atoms with Crippen LogP contribution in [-0.4, -0.2) is 47.2 Å². The lowest BCUT2D eigenvalue weighted by molar-refractivity contribution is -0.147. The van der Waals surface area contributed by atoms with Crippen LogP contribution >= 0.6 is 0 Å². The second-order valence-electron chi connectivity index (χ2n) is 4.58. The van der Waals surface area contributed by atoms with Gasteiger partial charge in [0.1, 0.15) is 0 Å². The molecule has 2 heterocycles. The first-order chi connectivity index (χ1) is 8.46. The van der Waals surface area contributed by atoms with Crippen molar-refractivity contribution in [2.75, 3.05) is 20.2 Å². The smallest absolute Gasteiger partial charge is 0.311 e. The van der Waals surface area contributed by atoms with E-state index in [0.717, 1.165) is 0 Å². The van der Waals surface area contributed by atoms with Crippen molar-refractivity contribution in [1.82, 2.24) is 10.1 Å². The molecule has 0 bridgehead atoms. The predicted molar refractivity (Wildman–Crippen MR) is 59.3 cm³/mol. The fourth-order valence-corrected chi connectivity index (χ4v) is 1.92. The number of carbonyl (C=O) groups excluding carboxylic acids is 1. The Bertz CT molecular complexity index is 484. The maximum Gasteiger partial charge on any atom is 0.311 e. The zero-order valence-electron chi connectivity index (χ0n) is 10.2. The van der Waals surface area contributed by atoms with Crippen LogP contribution in [0.25, 0.3) is 0 Å². The number of carboxylic acids is 1. The Labute approximate surface area is 103 Å². The van der Waals surface area contributed by atoms with Crippen LogP contribution in [-0.2, 0) is 4.79 Å².